The lowest BCUT2D eigenvalue weighted by atomic mass is 10.1. The molecule has 4 aromatic rings. The zero-order chi connectivity index (χ0) is 23.0. The number of ether oxygens (including phenoxy) is 1. The van der Waals surface area contributed by atoms with Gasteiger partial charge in [-0.25, -0.2) is 4.98 Å². The van der Waals surface area contributed by atoms with Gasteiger partial charge in [0.15, 0.2) is 16.6 Å². The van der Waals surface area contributed by atoms with E-state index in [1.807, 2.05) is 54.6 Å². The van der Waals surface area contributed by atoms with E-state index >= 15 is 0 Å². The highest BCUT2D eigenvalue weighted by Gasteiger charge is 2.10. The molecule has 0 aliphatic carbocycles. The molecule has 33 heavy (non-hydrogen) atoms. The van der Waals surface area contributed by atoms with Gasteiger partial charge in [0.1, 0.15) is 11.3 Å². The van der Waals surface area contributed by atoms with Gasteiger partial charge in [-0.3, -0.25) is 10.1 Å². The van der Waals surface area contributed by atoms with E-state index in [0.29, 0.717) is 30.2 Å². The van der Waals surface area contributed by atoms with Gasteiger partial charge >= 0.3 is 0 Å². The summed E-state index contributed by atoms with van der Waals surface area (Å²) in [5, 5.41) is 5.98. The smallest absolute Gasteiger partial charge is 0.257 e. The van der Waals surface area contributed by atoms with Gasteiger partial charge in [0, 0.05) is 17.7 Å². The number of nitrogens with one attached hydrogen (secondary N) is 2. The summed E-state index contributed by atoms with van der Waals surface area (Å²) < 4.78 is 11.5. The van der Waals surface area contributed by atoms with Crippen LogP contribution in [0.15, 0.2) is 77.2 Å². The van der Waals surface area contributed by atoms with Crippen molar-refractivity contribution in [2.24, 2.45) is 0 Å². The van der Waals surface area contributed by atoms with Crippen LogP contribution in [-0.2, 0) is 6.42 Å². The number of carbonyl (C=O) groups is 1. The van der Waals surface area contributed by atoms with E-state index in [4.69, 9.17) is 21.4 Å². The molecule has 1 heterocycles. The summed E-state index contributed by atoms with van der Waals surface area (Å²) in [7, 11) is 0. The second-order valence-electron chi connectivity index (χ2n) is 7.59. The maximum atomic E-state index is 12.5. The number of benzene rings is 3. The fourth-order valence-electron chi connectivity index (χ4n) is 3.28. The lowest BCUT2D eigenvalue weighted by Gasteiger charge is -2.11. The lowest BCUT2D eigenvalue weighted by molar-refractivity contribution is 0.0977. The number of para-hydroxylation sites is 2. The van der Waals surface area contributed by atoms with Gasteiger partial charge < -0.3 is 14.5 Å². The van der Waals surface area contributed by atoms with Crippen LogP contribution in [-0.4, -0.2) is 22.6 Å². The van der Waals surface area contributed by atoms with Gasteiger partial charge in [0.25, 0.3) is 5.91 Å². The van der Waals surface area contributed by atoms with Gasteiger partial charge in [-0.2, -0.15) is 0 Å². The maximum Gasteiger partial charge on any atom is 0.257 e. The third kappa shape index (κ3) is 6.17. The van der Waals surface area contributed by atoms with Crippen molar-refractivity contribution >= 4 is 40.0 Å². The Labute approximate surface area is 198 Å². The summed E-state index contributed by atoms with van der Waals surface area (Å²) >= 11 is 5.31. The average molecular weight is 460 g/mol. The molecular weight excluding hydrogens is 434 g/mol. The molecule has 0 spiro atoms. The highest BCUT2D eigenvalue weighted by Crippen LogP contribution is 2.19. The number of carbonyl (C=O) groups excluding carboxylic acids is 1. The number of aromatic nitrogens is 1. The van der Waals surface area contributed by atoms with Crippen LogP contribution in [0.2, 0.25) is 0 Å². The van der Waals surface area contributed by atoms with Crippen molar-refractivity contribution in [3.63, 3.8) is 0 Å². The molecule has 0 fully saturated rings. The zero-order valence-electron chi connectivity index (χ0n) is 18.3. The third-order valence-electron chi connectivity index (χ3n) is 5.00. The molecule has 0 aliphatic rings. The van der Waals surface area contributed by atoms with Gasteiger partial charge in [0.2, 0.25) is 0 Å². The van der Waals surface area contributed by atoms with Crippen molar-refractivity contribution < 1.29 is 13.9 Å². The topological polar surface area (TPSA) is 76.4 Å². The van der Waals surface area contributed by atoms with E-state index in [1.54, 1.807) is 18.2 Å². The molecule has 168 valence electrons. The molecule has 1 aromatic heterocycles. The van der Waals surface area contributed by atoms with Crippen LogP contribution in [0.1, 0.15) is 41.6 Å². The Hall–Kier alpha value is -3.71. The van der Waals surface area contributed by atoms with Crippen LogP contribution in [0.3, 0.4) is 0 Å². The Morgan fingerprint density at radius 1 is 1.06 bits per heavy atom. The summed E-state index contributed by atoms with van der Waals surface area (Å²) in [6.45, 7) is 2.73. The van der Waals surface area contributed by atoms with Crippen molar-refractivity contribution in [2.75, 3.05) is 11.9 Å². The summed E-state index contributed by atoms with van der Waals surface area (Å²) in [4.78, 5) is 17.1. The predicted octanol–water partition coefficient (Wildman–Crippen LogP) is 5.72. The number of anilines is 1. The summed E-state index contributed by atoms with van der Waals surface area (Å²) in [5.41, 5.74) is 3.96. The summed E-state index contributed by atoms with van der Waals surface area (Å²) in [6.07, 6.45) is 2.61. The van der Waals surface area contributed by atoms with Crippen molar-refractivity contribution in [1.82, 2.24) is 10.3 Å². The number of rotatable bonds is 8. The third-order valence-corrected chi connectivity index (χ3v) is 5.20. The number of fused-ring (bicyclic) bond motifs is 1. The van der Waals surface area contributed by atoms with Crippen molar-refractivity contribution in [3.8, 4) is 5.75 Å². The number of unbranched alkanes of at least 4 members (excludes halogenated alkanes) is 1. The molecule has 4 rings (SSSR count). The van der Waals surface area contributed by atoms with E-state index in [0.717, 1.165) is 35.2 Å². The standard InChI is InChI=1S/C26H25N3O3S/c1-2-3-15-31-21-8-6-7-19(17-21)25(30)29-26(33)27-20-13-11-18(12-14-20)16-24-28-22-9-4-5-10-23(22)32-24/h4-14,17H,2-3,15-16H2,1H3,(H2,27,29,30,33). The molecule has 2 N–H and O–H groups in total. The van der Waals surface area contributed by atoms with Crippen molar-refractivity contribution in [3.05, 3.63) is 89.8 Å². The lowest BCUT2D eigenvalue weighted by Crippen LogP contribution is -2.34. The van der Waals surface area contributed by atoms with Crippen LogP contribution in [0.4, 0.5) is 5.69 Å². The van der Waals surface area contributed by atoms with Crippen LogP contribution in [0.25, 0.3) is 11.1 Å². The number of hydrogen-bond acceptors (Lipinski definition) is 5. The first kappa shape index (κ1) is 22.5. The van der Waals surface area contributed by atoms with Crippen LogP contribution >= 0.6 is 12.2 Å². The van der Waals surface area contributed by atoms with Crippen LogP contribution in [0, 0.1) is 0 Å². The van der Waals surface area contributed by atoms with E-state index < -0.39 is 0 Å². The zero-order valence-corrected chi connectivity index (χ0v) is 19.2. The number of amides is 1. The fraction of sp³-hybridized carbons (Fsp3) is 0.192. The minimum atomic E-state index is -0.291. The maximum absolute atomic E-state index is 12.5. The molecule has 0 atom stereocenters. The summed E-state index contributed by atoms with van der Waals surface area (Å²) in [6, 6.07) is 22.5. The highest BCUT2D eigenvalue weighted by molar-refractivity contribution is 7.80. The number of hydrogen-bond donors (Lipinski definition) is 2. The first-order valence-corrected chi connectivity index (χ1v) is 11.3. The predicted molar refractivity (Wildman–Crippen MR) is 134 cm³/mol. The monoisotopic (exact) mass is 459 g/mol. The second-order valence-corrected chi connectivity index (χ2v) is 8.00. The largest absolute Gasteiger partial charge is 0.494 e. The Morgan fingerprint density at radius 2 is 1.88 bits per heavy atom. The molecule has 0 aliphatic heterocycles. The normalized spacial score (nSPS) is 10.7. The van der Waals surface area contributed by atoms with Crippen molar-refractivity contribution in [2.45, 2.75) is 26.2 Å². The van der Waals surface area contributed by atoms with Gasteiger partial charge in [-0.15, -0.1) is 0 Å². The quantitative estimate of drug-likeness (QED) is 0.259. The molecule has 1 amide bonds. The van der Waals surface area contributed by atoms with Crippen LogP contribution in [0.5, 0.6) is 5.75 Å². The van der Waals surface area contributed by atoms with E-state index in [9.17, 15) is 4.79 Å². The first-order chi connectivity index (χ1) is 16.1. The molecule has 0 bridgehead atoms. The second kappa shape index (κ2) is 10.7. The molecule has 7 heteroatoms. The minimum absolute atomic E-state index is 0.226. The Kier molecular flexibility index (Phi) is 7.32. The van der Waals surface area contributed by atoms with E-state index in [1.165, 1.54) is 0 Å². The van der Waals surface area contributed by atoms with Gasteiger partial charge in [-0.05, 0) is 66.7 Å². The number of oxazole rings is 1. The molecule has 0 radical (unpaired) electrons. The van der Waals surface area contributed by atoms with Gasteiger partial charge in [-0.1, -0.05) is 43.7 Å². The number of thiocarbonyl (C=S) groups is 1. The molecule has 0 saturated carbocycles. The highest BCUT2D eigenvalue weighted by atomic mass is 32.1. The van der Waals surface area contributed by atoms with Crippen molar-refractivity contribution in [1.29, 1.82) is 0 Å². The first-order valence-electron chi connectivity index (χ1n) is 10.9. The molecule has 6 nitrogen and oxygen atoms in total. The minimum Gasteiger partial charge on any atom is -0.494 e. The molecule has 0 unspecified atom stereocenters. The molecule has 3 aromatic carbocycles. The summed E-state index contributed by atoms with van der Waals surface area (Å²) in [5.74, 6) is 1.05. The molecular formula is C26H25N3O3S. The Morgan fingerprint density at radius 3 is 2.67 bits per heavy atom. The Bertz CT molecular complexity index is 1220. The SMILES string of the molecule is CCCCOc1cccc(C(=O)NC(=S)Nc2ccc(Cc3nc4ccccc4o3)cc2)c1. The fourth-order valence-corrected chi connectivity index (χ4v) is 3.49. The number of nitrogens with zero attached hydrogens (tertiary/aromatic N) is 1. The van der Waals surface area contributed by atoms with Gasteiger partial charge in [0.05, 0.1) is 6.61 Å². The Balaban J connectivity index is 1.31. The van der Waals surface area contributed by atoms with E-state index in [-0.39, 0.29) is 11.0 Å². The van der Waals surface area contributed by atoms with E-state index in [2.05, 4.69) is 22.5 Å². The average Bonchev–Trinajstić information content (AvgIpc) is 3.23. The molecule has 0 saturated heterocycles. The van der Waals surface area contributed by atoms with Crippen LogP contribution < -0.4 is 15.4 Å².